The first kappa shape index (κ1) is 11.7. The molecular formula is C16H10S4. The summed E-state index contributed by atoms with van der Waals surface area (Å²) in [5, 5.41) is 5.86. The molecule has 0 spiro atoms. The van der Waals surface area contributed by atoms with Crippen LogP contribution in [0.5, 0.6) is 0 Å². The van der Waals surface area contributed by atoms with Gasteiger partial charge in [0.15, 0.2) is 0 Å². The quantitative estimate of drug-likeness (QED) is 0.209. The molecule has 3 aromatic carbocycles. The fraction of sp³-hybridized carbons (Fsp3) is 0.125. The van der Waals surface area contributed by atoms with Gasteiger partial charge in [0.2, 0.25) is 0 Å². The Morgan fingerprint density at radius 2 is 1.05 bits per heavy atom. The smallest absolute Gasteiger partial charge is 0.0657 e. The molecule has 0 saturated carbocycles. The molecule has 0 N–H and O–H groups in total. The average Bonchev–Trinajstić information content (AvgIpc) is 2.99. The van der Waals surface area contributed by atoms with Crippen molar-refractivity contribution in [1.82, 2.24) is 0 Å². The number of rotatable bonds is 0. The second-order valence-corrected chi connectivity index (χ2v) is 9.73. The largest absolute Gasteiger partial charge is 0.0793 e. The van der Waals surface area contributed by atoms with Gasteiger partial charge in [0.1, 0.15) is 0 Å². The molecule has 0 bridgehead atoms. The van der Waals surface area contributed by atoms with Crippen molar-refractivity contribution < 1.29 is 0 Å². The van der Waals surface area contributed by atoms with Crippen LogP contribution in [-0.2, 0) is 0 Å². The van der Waals surface area contributed by atoms with Crippen molar-refractivity contribution >= 4 is 81.7 Å². The highest BCUT2D eigenvalue weighted by Crippen LogP contribution is 2.49. The van der Waals surface area contributed by atoms with Crippen LogP contribution < -0.4 is 0 Å². The minimum absolute atomic E-state index is 1.37. The SMILES string of the molecule is Cc1cc2ssc3c4ssc5cc(C)cc(c(c1)c23)c54. The van der Waals surface area contributed by atoms with E-state index in [1.807, 2.05) is 41.4 Å². The Kier molecular flexibility index (Phi) is 2.24. The summed E-state index contributed by atoms with van der Waals surface area (Å²) in [6.45, 7) is 4.41. The number of hydrogen-bond donors (Lipinski definition) is 0. The van der Waals surface area contributed by atoms with Crippen LogP contribution in [-0.4, -0.2) is 0 Å². The van der Waals surface area contributed by atoms with Crippen LogP contribution in [0.2, 0.25) is 0 Å². The summed E-state index contributed by atoms with van der Waals surface area (Å²) >= 11 is 0. The van der Waals surface area contributed by atoms with Crippen molar-refractivity contribution in [3.63, 3.8) is 0 Å². The number of fused-ring (bicyclic) bond motifs is 2. The zero-order valence-corrected chi connectivity index (χ0v) is 14.2. The van der Waals surface area contributed by atoms with E-state index in [1.54, 1.807) is 0 Å². The maximum atomic E-state index is 2.37. The molecule has 4 heteroatoms. The Morgan fingerprint density at radius 1 is 0.600 bits per heavy atom. The standard InChI is InChI=1S/C16H10S4/c1-7-3-9-10-4-8(2)6-12-14(10)16(20-18-12)15-13(9)11(5-7)17-19-15/h3-6H,1-2H3. The molecule has 0 atom stereocenters. The lowest BCUT2D eigenvalue weighted by Crippen LogP contribution is -1.82. The van der Waals surface area contributed by atoms with Gasteiger partial charge in [-0.15, -0.1) is 0 Å². The van der Waals surface area contributed by atoms with Crippen molar-refractivity contribution in [2.24, 2.45) is 0 Å². The summed E-state index contributed by atoms with van der Waals surface area (Å²) in [6.07, 6.45) is 0. The third kappa shape index (κ3) is 1.35. The first-order chi connectivity index (χ1) is 9.72. The van der Waals surface area contributed by atoms with E-state index >= 15 is 0 Å². The first-order valence-corrected chi connectivity index (χ1v) is 10.8. The van der Waals surface area contributed by atoms with E-state index in [-0.39, 0.29) is 0 Å². The van der Waals surface area contributed by atoms with Crippen molar-refractivity contribution in [1.29, 1.82) is 0 Å². The molecule has 20 heavy (non-hydrogen) atoms. The van der Waals surface area contributed by atoms with Gasteiger partial charge in [-0.05, 0) is 47.9 Å². The summed E-state index contributed by atoms with van der Waals surface area (Å²) in [7, 11) is 7.73. The van der Waals surface area contributed by atoms with E-state index < -0.39 is 0 Å². The van der Waals surface area contributed by atoms with Crippen LogP contribution in [0.1, 0.15) is 11.1 Å². The molecule has 0 radical (unpaired) electrons. The maximum absolute atomic E-state index is 2.37. The molecule has 0 saturated heterocycles. The molecule has 0 aliphatic rings. The fourth-order valence-corrected chi connectivity index (χ4v) is 8.98. The Labute approximate surface area is 130 Å². The van der Waals surface area contributed by atoms with Crippen LogP contribution in [0.15, 0.2) is 24.3 Å². The highest BCUT2D eigenvalue weighted by atomic mass is 32.9. The summed E-state index contributed by atoms with van der Waals surface area (Å²) < 4.78 is 5.87. The van der Waals surface area contributed by atoms with E-state index in [4.69, 9.17) is 0 Å². The summed E-state index contributed by atoms with van der Waals surface area (Å²) in [5.74, 6) is 0. The van der Waals surface area contributed by atoms with Gasteiger partial charge in [0.25, 0.3) is 0 Å². The average molecular weight is 331 g/mol. The van der Waals surface area contributed by atoms with Gasteiger partial charge in [0.05, 0.1) is 9.40 Å². The maximum Gasteiger partial charge on any atom is 0.0657 e. The predicted molar refractivity (Wildman–Crippen MR) is 97.4 cm³/mol. The molecule has 0 nitrogen and oxygen atoms in total. The van der Waals surface area contributed by atoms with E-state index in [0.29, 0.717) is 0 Å². The summed E-state index contributed by atoms with van der Waals surface area (Å²) in [5.41, 5.74) is 2.73. The van der Waals surface area contributed by atoms with Gasteiger partial charge in [-0.1, -0.05) is 53.5 Å². The van der Waals surface area contributed by atoms with Crippen LogP contribution in [0.3, 0.4) is 0 Å². The molecule has 5 aromatic rings. The van der Waals surface area contributed by atoms with Crippen molar-refractivity contribution in [2.45, 2.75) is 13.8 Å². The third-order valence-electron chi connectivity index (χ3n) is 3.87. The second-order valence-electron chi connectivity index (χ2n) is 5.36. The lowest BCUT2D eigenvalue weighted by atomic mass is 9.98. The highest BCUT2D eigenvalue weighted by molar-refractivity contribution is 7.78. The van der Waals surface area contributed by atoms with Crippen LogP contribution in [0.25, 0.3) is 40.3 Å². The van der Waals surface area contributed by atoms with E-state index in [9.17, 15) is 0 Å². The lowest BCUT2D eigenvalue weighted by Gasteiger charge is -2.07. The zero-order chi connectivity index (χ0) is 13.4. The van der Waals surface area contributed by atoms with E-state index in [1.165, 1.54) is 51.5 Å². The van der Waals surface area contributed by atoms with E-state index in [0.717, 1.165) is 0 Å². The molecule has 2 heterocycles. The van der Waals surface area contributed by atoms with Crippen molar-refractivity contribution in [2.75, 3.05) is 0 Å². The zero-order valence-electron chi connectivity index (χ0n) is 10.9. The molecule has 0 aliphatic carbocycles. The minimum Gasteiger partial charge on any atom is -0.0793 e. The number of hydrogen-bond acceptors (Lipinski definition) is 4. The normalized spacial score (nSPS) is 12.5. The van der Waals surface area contributed by atoms with Gasteiger partial charge in [-0.3, -0.25) is 0 Å². The Balaban J connectivity index is 2.28. The fourth-order valence-electron chi connectivity index (χ4n) is 3.09. The Morgan fingerprint density at radius 3 is 1.50 bits per heavy atom. The van der Waals surface area contributed by atoms with Crippen molar-refractivity contribution in [3.8, 4) is 0 Å². The molecule has 2 aromatic heterocycles. The second kappa shape index (κ2) is 3.83. The van der Waals surface area contributed by atoms with Gasteiger partial charge in [0, 0.05) is 20.2 Å². The molecule has 98 valence electrons. The number of benzene rings is 3. The van der Waals surface area contributed by atoms with Crippen molar-refractivity contribution in [3.05, 3.63) is 35.4 Å². The van der Waals surface area contributed by atoms with Gasteiger partial charge in [-0.2, -0.15) is 0 Å². The minimum atomic E-state index is 1.37. The highest BCUT2D eigenvalue weighted by Gasteiger charge is 2.17. The molecule has 5 rings (SSSR count). The third-order valence-corrected chi connectivity index (χ3v) is 8.90. The molecule has 0 fully saturated rings. The first-order valence-electron chi connectivity index (χ1n) is 6.46. The van der Waals surface area contributed by atoms with Gasteiger partial charge in [-0.25, -0.2) is 0 Å². The summed E-state index contributed by atoms with van der Waals surface area (Å²) in [4.78, 5) is 0. The van der Waals surface area contributed by atoms with E-state index in [2.05, 4.69) is 38.1 Å². The van der Waals surface area contributed by atoms with Crippen LogP contribution in [0.4, 0.5) is 0 Å². The Bertz CT molecular complexity index is 1020. The summed E-state index contributed by atoms with van der Waals surface area (Å²) in [6, 6.07) is 9.40. The number of aryl methyl sites for hydroxylation is 2. The monoisotopic (exact) mass is 330 g/mol. The lowest BCUT2D eigenvalue weighted by molar-refractivity contribution is 1.52. The van der Waals surface area contributed by atoms with Gasteiger partial charge < -0.3 is 0 Å². The Hall–Kier alpha value is -0.940. The topological polar surface area (TPSA) is 0 Å². The predicted octanol–water partition coefficient (Wildman–Crippen LogP) is 7.16. The molecule has 0 amide bonds. The molecule has 0 aliphatic heterocycles. The van der Waals surface area contributed by atoms with Crippen LogP contribution in [0, 0.1) is 13.8 Å². The van der Waals surface area contributed by atoms with Gasteiger partial charge >= 0.3 is 0 Å². The molecule has 0 unspecified atom stereocenters. The molecular weight excluding hydrogens is 320 g/mol. The van der Waals surface area contributed by atoms with Crippen LogP contribution >= 0.6 is 41.4 Å².